The first kappa shape index (κ1) is 12.3. The standard InChI is InChI=1S/C13H16O3S/c1-13(2,3)16-12(15)11-7-8-9(14)5-4-6-10(8)17-11/h7H,4-6H2,1-3H3. The van der Waals surface area contributed by atoms with Crippen LogP contribution in [-0.2, 0) is 11.2 Å². The molecule has 17 heavy (non-hydrogen) atoms. The molecule has 1 aliphatic rings. The maximum Gasteiger partial charge on any atom is 0.348 e. The predicted octanol–water partition coefficient (Wildman–Crippen LogP) is 3.22. The van der Waals surface area contributed by atoms with Gasteiger partial charge in [0.2, 0.25) is 0 Å². The summed E-state index contributed by atoms with van der Waals surface area (Å²) in [6, 6.07) is 1.69. The molecule has 0 bridgehead atoms. The molecular formula is C13H16O3S. The van der Waals surface area contributed by atoms with Gasteiger partial charge >= 0.3 is 5.97 Å². The van der Waals surface area contributed by atoms with E-state index in [1.807, 2.05) is 20.8 Å². The van der Waals surface area contributed by atoms with E-state index in [1.165, 1.54) is 11.3 Å². The fourth-order valence-corrected chi connectivity index (χ4v) is 2.92. The minimum absolute atomic E-state index is 0.150. The highest BCUT2D eigenvalue weighted by Crippen LogP contribution is 2.30. The maximum absolute atomic E-state index is 11.9. The van der Waals surface area contributed by atoms with Gasteiger partial charge in [-0.3, -0.25) is 4.79 Å². The van der Waals surface area contributed by atoms with E-state index in [2.05, 4.69) is 0 Å². The second kappa shape index (κ2) is 4.26. The van der Waals surface area contributed by atoms with Crippen LogP contribution in [0.1, 0.15) is 58.5 Å². The molecule has 0 aromatic carbocycles. The Kier molecular flexibility index (Phi) is 3.08. The number of fused-ring (bicyclic) bond motifs is 1. The maximum atomic E-state index is 11.9. The number of esters is 1. The average molecular weight is 252 g/mol. The number of carbonyl (C=O) groups is 2. The van der Waals surface area contributed by atoms with E-state index in [0.717, 1.165) is 23.3 Å². The van der Waals surface area contributed by atoms with Gasteiger partial charge in [0.1, 0.15) is 10.5 Å². The quantitative estimate of drug-likeness (QED) is 0.721. The topological polar surface area (TPSA) is 43.4 Å². The first-order valence-electron chi connectivity index (χ1n) is 5.76. The van der Waals surface area contributed by atoms with Crippen molar-refractivity contribution in [3.8, 4) is 0 Å². The monoisotopic (exact) mass is 252 g/mol. The van der Waals surface area contributed by atoms with Gasteiger partial charge in [-0.2, -0.15) is 0 Å². The van der Waals surface area contributed by atoms with Gasteiger partial charge in [0.15, 0.2) is 5.78 Å². The van der Waals surface area contributed by atoms with Crippen LogP contribution in [0.2, 0.25) is 0 Å². The molecule has 92 valence electrons. The van der Waals surface area contributed by atoms with Crippen LogP contribution in [0.25, 0.3) is 0 Å². The number of hydrogen-bond donors (Lipinski definition) is 0. The Balaban J connectivity index is 2.23. The molecule has 4 heteroatoms. The van der Waals surface area contributed by atoms with E-state index in [-0.39, 0.29) is 11.8 Å². The summed E-state index contributed by atoms with van der Waals surface area (Å²) in [4.78, 5) is 25.1. The molecule has 0 aliphatic heterocycles. The van der Waals surface area contributed by atoms with Gasteiger partial charge in [0.05, 0.1) is 0 Å². The fourth-order valence-electron chi connectivity index (χ4n) is 1.82. The Labute approximate surface area is 105 Å². The Bertz CT molecular complexity index is 465. The first-order chi connectivity index (χ1) is 7.87. The van der Waals surface area contributed by atoms with Gasteiger partial charge in [0, 0.05) is 16.9 Å². The summed E-state index contributed by atoms with van der Waals surface area (Å²) in [5.41, 5.74) is 0.230. The van der Waals surface area contributed by atoms with Crippen molar-refractivity contribution in [2.24, 2.45) is 0 Å². The van der Waals surface area contributed by atoms with E-state index in [0.29, 0.717) is 11.3 Å². The smallest absolute Gasteiger partial charge is 0.348 e. The number of carbonyl (C=O) groups excluding carboxylic acids is 2. The lowest BCUT2D eigenvalue weighted by Gasteiger charge is -2.18. The molecule has 0 radical (unpaired) electrons. The summed E-state index contributed by atoms with van der Waals surface area (Å²) in [6.07, 6.45) is 2.38. The Morgan fingerprint density at radius 1 is 1.35 bits per heavy atom. The molecule has 2 rings (SSSR count). The molecular weight excluding hydrogens is 236 g/mol. The van der Waals surface area contributed by atoms with Gasteiger partial charge in [0.25, 0.3) is 0 Å². The summed E-state index contributed by atoms with van der Waals surface area (Å²) in [7, 11) is 0. The van der Waals surface area contributed by atoms with E-state index in [9.17, 15) is 9.59 Å². The van der Waals surface area contributed by atoms with Crippen LogP contribution in [0.15, 0.2) is 6.07 Å². The molecule has 0 atom stereocenters. The molecule has 3 nitrogen and oxygen atoms in total. The number of thiophene rings is 1. The zero-order valence-electron chi connectivity index (χ0n) is 10.3. The highest BCUT2D eigenvalue weighted by Gasteiger charge is 2.25. The number of hydrogen-bond acceptors (Lipinski definition) is 4. The van der Waals surface area contributed by atoms with Crippen LogP contribution in [-0.4, -0.2) is 17.4 Å². The highest BCUT2D eigenvalue weighted by atomic mass is 32.1. The summed E-state index contributed by atoms with van der Waals surface area (Å²) in [5, 5.41) is 0. The third kappa shape index (κ3) is 2.75. The van der Waals surface area contributed by atoms with Crippen molar-refractivity contribution in [1.29, 1.82) is 0 Å². The van der Waals surface area contributed by atoms with Gasteiger partial charge in [-0.05, 0) is 39.7 Å². The third-order valence-electron chi connectivity index (χ3n) is 2.52. The molecule has 1 heterocycles. The molecule has 0 spiro atoms. The van der Waals surface area contributed by atoms with E-state index >= 15 is 0 Å². The molecule has 1 aromatic rings. The van der Waals surface area contributed by atoms with Crippen molar-refractivity contribution in [3.63, 3.8) is 0 Å². The summed E-state index contributed by atoms with van der Waals surface area (Å²) in [5.74, 6) is -0.179. The van der Waals surface area contributed by atoms with Gasteiger partial charge in [-0.25, -0.2) is 4.79 Å². The molecule has 1 aromatic heterocycles. The van der Waals surface area contributed by atoms with Gasteiger partial charge in [-0.15, -0.1) is 11.3 Å². The second-order valence-corrected chi connectivity index (χ2v) is 6.36. The van der Waals surface area contributed by atoms with Gasteiger partial charge < -0.3 is 4.74 Å². The normalized spacial score (nSPS) is 15.6. The fraction of sp³-hybridized carbons (Fsp3) is 0.538. The zero-order chi connectivity index (χ0) is 12.6. The Morgan fingerprint density at radius 3 is 2.65 bits per heavy atom. The van der Waals surface area contributed by atoms with Crippen molar-refractivity contribution in [2.75, 3.05) is 0 Å². The number of ketones is 1. The molecule has 0 N–H and O–H groups in total. The van der Waals surface area contributed by atoms with Crippen molar-refractivity contribution in [3.05, 3.63) is 21.4 Å². The van der Waals surface area contributed by atoms with Crippen LogP contribution in [0.5, 0.6) is 0 Å². The molecule has 0 saturated heterocycles. The van der Waals surface area contributed by atoms with E-state index in [1.54, 1.807) is 6.07 Å². The Hall–Kier alpha value is -1.16. The van der Waals surface area contributed by atoms with Crippen molar-refractivity contribution in [1.82, 2.24) is 0 Å². The van der Waals surface area contributed by atoms with E-state index < -0.39 is 5.60 Å². The minimum atomic E-state index is -0.494. The number of rotatable bonds is 1. The van der Waals surface area contributed by atoms with E-state index in [4.69, 9.17) is 4.74 Å². The number of Topliss-reactive ketones (excluding diaryl/α,β-unsaturated/α-hetero) is 1. The van der Waals surface area contributed by atoms with Crippen LogP contribution in [0, 0.1) is 0 Å². The second-order valence-electron chi connectivity index (χ2n) is 5.23. The lowest BCUT2D eigenvalue weighted by molar-refractivity contribution is 0.00752. The SMILES string of the molecule is CC(C)(C)OC(=O)c1cc2c(s1)CCCC2=O. The van der Waals surface area contributed by atoms with Crippen molar-refractivity contribution in [2.45, 2.75) is 45.6 Å². The number of ether oxygens (including phenoxy) is 1. The molecule has 0 fully saturated rings. The van der Waals surface area contributed by atoms with Crippen LogP contribution >= 0.6 is 11.3 Å². The van der Waals surface area contributed by atoms with Gasteiger partial charge in [-0.1, -0.05) is 0 Å². The predicted molar refractivity (Wildman–Crippen MR) is 66.8 cm³/mol. The summed E-state index contributed by atoms with van der Waals surface area (Å²) < 4.78 is 5.30. The summed E-state index contributed by atoms with van der Waals surface area (Å²) >= 11 is 1.39. The lowest BCUT2D eigenvalue weighted by Crippen LogP contribution is -2.23. The molecule has 0 amide bonds. The largest absolute Gasteiger partial charge is 0.456 e. The average Bonchev–Trinajstić information content (AvgIpc) is 2.60. The first-order valence-corrected chi connectivity index (χ1v) is 6.58. The van der Waals surface area contributed by atoms with Crippen LogP contribution in [0.3, 0.4) is 0 Å². The number of aryl methyl sites for hydroxylation is 1. The van der Waals surface area contributed by atoms with Crippen LogP contribution < -0.4 is 0 Å². The molecule has 1 aliphatic carbocycles. The van der Waals surface area contributed by atoms with Crippen LogP contribution in [0.4, 0.5) is 0 Å². The highest BCUT2D eigenvalue weighted by molar-refractivity contribution is 7.14. The summed E-state index contributed by atoms with van der Waals surface area (Å²) in [6.45, 7) is 5.51. The third-order valence-corrected chi connectivity index (χ3v) is 3.69. The zero-order valence-corrected chi connectivity index (χ0v) is 11.1. The molecule has 0 unspecified atom stereocenters. The van der Waals surface area contributed by atoms with Crippen molar-refractivity contribution < 1.29 is 14.3 Å². The lowest BCUT2D eigenvalue weighted by atomic mass is 9.98. The molecule has 0 saturated carbocycles. The Morgan fingerprint density at radius 2 is 2.06 bits per heavy atom. The van der Waals surface area contributed by atoms with Crippen molar-refractivity contribution >= 4 is 23.1 Å². The minimum Gasteiger partial charge on any atom is -0.456 e.